The number of aromatic nitrogens is 4. The zero-order valence-electron chi connectivity index (χ0n) is 8.87. The number of nitrogens with zero attached hydrogens (tertiary/aromatic N) is 4. The summed E-state index contributed by atoms with van der Waals surface area (Å²) in [5.74, 6) is -1.36. The molecule has 0 bridgehead atoms. The number of carbonyl (C=O) groups excluding carboxylic acids is 1. The molecular weight excluding hydrogens is 230 g/mol. The molecule has 0 aliphatic carbocycles. The number of nitrogens with one attached hydrogen (secondary N) is 1. The van der Waals surface area contributed by atoms with E-state index >= 15 is 0 Å². The fraction of sp³-hybridized carbons (Fsp3) is 0.625. The Morgan fingerprint density at radius 2 is 2.41 bits per heavy atom. The molecule has 1 aromatic rings. The normalized spacial score (nSPS) is 20.2. The van der Waals surface area contributed by atoms with E-state index in [4.69, 9.17) is 9.84 Å². The van der Waals surface area contributed by atoms with E-state index in [-0.39, 0.29) is 24.7 Å². The van der Waals surface area contributed by atoms with Crippen LogP contribution in [0.3, 0.4) is 0 Å². The molecule has 0 saturated carbocycles. The van der Waals surface area contributed by atoms with Gasteiger partial charge in [-0.25, -0.2) is 0 Å². The van der Waals surface area contributed by atoms with Crippen LogP contribution < -0.4 is 0 Å². The Labute approximate surface area is 95.7 Å². The number of rotatable bonds is 3. The number of aromatic amines is 1. The van der Waals surface area contributed by atoms with Crippen molar-refractivity contribution >= 4 is 11.9 Å². The van der Waals surface area contributed by atoms with Crippen molar-refractivity contribution in [2.24, 2.45) is 0 Å². The van der Waals surface area contributed by atoms with Gasteiger partial charge in [0.25, 0.3) is 11.7 Å². The van der Waals surface area contributed by atoms with Gasteiger partial charge in [0.1, 0.15) is 0 Å². The smallest absolute Gasteiger partial charge is 0.306 e. The number of hydrogen-bond acceptors (Lipinski definition) is 6. The third-order valence-corrected chi connectivity index (χ3v) is 2.36. The second-order valence-electron chi connectivity index (χ2n) is 3.58. The average molecular weight is 241 g/mol. The topological polar surface area (TPSA) is 121 Å². The van der Waals surface area contributed by atoms with Crippen molar-refractivity contribution < 1.29 is 19.4 Å². The zero-order valence-corrected chi connectivity index (χ0v) is 8.87. The second kappa shape index (κ2) is 4.87. The van der Waals surface area contributed by atoms with Crippen molar-refractivity contribution in [2.45, 2.75) is 12.5 Å². The van der Waals surface area contributed by atoms with Crippen molar-refractivity contribution in [3.8, 4) is 0 Å². The summed E-state index contributed by atoms with van der Waals surface area (Å²) in [6.07, 6.45) is -0.618. The Hall–Kier alpha value is -2.03. The number of carboxylic acid groups (broad SMARTS) is 1. The quantitative estimate of drug-likeness (QED) is 0.661. The van der Waals surface area contributed by atoms with Crippen LogP contribution in [-0.4, -0.2) is 68.3 Å². The Kier molecular flexibility index (Phi) is 3.28. The number of carboxylic acids is 1. The molecule has 1 saturated heterocycles. The molecule has 1 unspecified atom stereocenters. The van der Waals surface area contributed by atoms with Gasteiger partial charge in [-0.2, -0.15) is 5.21 Å². The minimum Gasteiger partial charge on any atom is -0.481 e. The number of aliphatic carboxylic acids is 1. The Morgan fingerprint density at radius 1 is 1.59 bits per heavy atom. The van der Waals surface area contributed by atoms with Gasteiger partial charge in [0.15, 0.2) is 0 Å². The van der Waals surface area contributed by atoms with Crippen molar-refractivity contribution in [1.29, 1.82) is 0 Å². The van der Waals surface area contributed by atoms with E-state index in [0.29, 0.717) is 13.2 Å². The first-order valence-electron chi connectivity index (χ1n) is 5.03. The first kappa shape index (κ1) is 11.5. The molecule has 2 rings (SSSR count). The summed E-state index contributed by atoms with van der Waals surface area (Å²) in [7, 11) is 0. The molecule has 0 spiro atoms. The molecule has 2 N–H and O–H groups in total. The summed E-state index contributed by atoms with van der Waals surface area (Å²) in [5.41, 5.74) is 0. The highest BCUT2D eigenvalue weighted by molar-refractivity contribution is 5.90. The molecule has 0 radical (unpaired) electrons. The van der Waals surface area contributed by atoms with Crippen LogP contribution in [0.4, 0.5) is 0 Å². The van der Waals surface area contributed by atoms with E-state index in [1.54, 1.807) is 0 Å². The first-order chi connectivity index (χ1) is 8.16. The summed E-state index contributed by atoms with van der Waals surface area (Å²) in [6.45, 7) is 0.921. The number of hydrogen-bond donors (Lipinski definition) is 2. The fourth-order valence-corrected chi connectivity index (χ4v) is 1.62. The largest absolute Gasteiger partial charge is 0.481 e. The molecule has 17 heavy (non-hydrogen) atoms. The highest BCUT2D eigenvalue weighted by Crippen LogP contribution is 2.10. The minimum absolute atomic E-state index is 0.0269. The maximum absolute atomic E-state index is 11.8. The monoisotopic (exact) mass is 241 g/mol. The van der Waals surface area contributed by atoms with Crippen molar-refractivity contribution in [3.63, 3.8) is 0 Å². The maximum Gasteiger partial charge on any atom is 0.306 e. The van der Waals surface area contributed by atoms with Gasteiger partial charge in [-0.05, 0) is 5.21 Å². The molecular formula is C8H11N5O4. The molecule has 2 heterocycles. The van der Waals surface area contributed by atoms with E-state index < -0.39 is 12.1 Å². The lowest BCUT2D eigenvalue weighted by Crippen LogP contribution is -2.46. The van der Waals surface area contributed by atoms with Crippen molar-refractivity contribution in [1.82, 2.24) is 25.5 Å². The molecule has 1 aliphatic heterocycles. The summed E-state index contributed by atoms with van der Waals surface area (Å²) in [5, 5.41) is 21.3. The summed E-state index contributed by atoms with van der Waals surface area (Å²) in [6, 6.07) is 0. The number of carbonyl (C=O) groups is 2. The molecule has 1 aromatic heterocycles. The van der Waals surface area contributed by atoms with Crippen LogP contribution in [0.5, 0.6) is 0 Å². The van der Waals surface area contributed by atoms with E-state index in [2.05, 4.69) is 20.6 Å². The lowest BCUT2D eigenvalue weighted by atomic mass is 10.2. The number of morpholine rings is 1. The lowest BCUT2D eigenvalue weighted by molar-refractivity contribution is -0.141. The molecule has 1 fully saturated rings. The number of H-pyrrole nitrogens is 1. The molecule has 92 valence electrons. The molecule has 1 atom stereocenters. The molecule has 0 aromatic carbocycles. The van der Waals surface area contributed by atoms with Gasteiger partial charge in [-0.3, -0.25) is 9.59 Å². The average Bonchev–Trinajstić information content (AvgIpc) is 2.81. The summed E-state index contributed by atoms with van der Waals surface area (Å²) >= 11 is 0. The van der Waals surface area contributed by atoms with Gasteiger partial charge in [-0.15, -0.1) is 10.2 Å². The van der Waals surface area contributed by atoms with Crippen LogP contribution in [0.1, 0.15) is 17.0 Å². The van der Waals surface area contributed by atoms with E-state index in [9.17, 15) is 9.59 Å². The van der Waals surface area contributed by atoms with Gasteiger partial charge in [0.05, 0.1) is 19.1 Å². The van der Waals surface area contributed by atoms with Gasteiger partial charge in [0.2, 0.25) is 0 Å². The second-order valence-corrected chi connectivity index (χ2v) is 3.58. The van der Waals surface area contributed by atoms with Gasteiger partial charge >= 0.3 is 5.97 Å². The predicted octanol–water partition coefficient (Wildman–Crippen LogP) is -1.48. The van der Waals surface area contributed by atoms with Crippen molar-refractivity contribution in [3.05, 3.63) is 5.82 Å². The Morgan fingerprint density at radius 3 is 3.06 bits per heavy atom. The van der Waals surface area contributed by atoms with E-state index in [1.807, 2.05) is 0 Å². The lowest BCUT2D eigenvalue weighted by Gasteiger charge is -2.31. The van der Waals surface area contributed by atoms with E-state index in [0.717, 1.165) is 0 Å². The highest BCUT2D eigenvalue weighted by atomic mass is 16.5. The summed E-state index contributed by atoms with van der Waals surface area (Å²) < 4.78 is 5.25. The SMILES string of the molecule is O=C(O)CC1CN(C(=O)c2nn[nH]n2)CCO1. The standard InChI is InChI=1S/C8H11N5O4/c14-6(15)3-5-4-13(1-2-17-5)8(16)7-9-11-12-10-7/h5H,1-4H2,(H,14,15)(H,9,10,11,12). The first-order valence-corrected chi connectivity index (χ1v) is 5.03. The van der Waals surface area contributed by atoms with Crippen LogP contribution in [0.2, 0.25) is 0 Å². The Bertz CT molecular complexity index is 406. The van der Waals surface area contributed by atoms with Crippen LogP contribution in [0.15, 0.2) is 0 Å². The summed E-state index contributed by atoms with van der Waals surface area (Å²) in [4.78, 5) is 23.8. The van der Waals surface area contributed by atoms with Crippen LogP contribution in [0.25, 0.3) is 0 Å². The maximum atomic E-state index is 11.8. The zero-order chi connectivity index (χ0) is 12.3. The van der Waals surface area contributed by atoms with Gasteiger partial charge in [0, 0.05) is 13.1 Å². The van der Waals surface area contributed by atoms with E-state index in [1.165, 1.54) is 4.90 Å². The highest BCUT2D eigenvalue weighted by Gasteiger charge is 2.28. The fourth-order valence-electron chi connectivity index (χ4n) is 1.62. The van der Waals surface area contributed by atoms with Crippen LogP contribution in [-0.2, 0) is 9.53 Å². The van der Waals surface area contributed by atoms with Crippen LogP contribution in [0, 0.1) is 0 Å². The molecule has 9 nitrogen and oxygen atoms in total. The minimum atomic E-state index is -0.955. The van der Waals surface area contributed by atoms with Crippen LogP contribution >= 0.6 is 0 Å². The third-order valence-electron chi connectivity index (χ3n) is 2.36. The molecule has 1 amide bonds. The predicted molar refractivity (Wildman–Crippen MR) is 52.1 cm³/mol. The molecule has 1 aliphatic rings. The molecule has 9 heteroatoms. The van der Waals surface area contributed by atoms with Gasteiger partial charge in [-0.1, -0.05) is 0 Å². The van der Waals surface area contributed by atoms with Crippen molar-refractivity contribution in [2.75, 3.05) is 19.7 Å². The van der Waals surface area contributed by atoms with Gasteiger partial charge < -0.3 is 14.7 Å². The third kappa shape index (κ3) is 2.75. The number of amides is 1. The number of ether oxygens (including phenoxy) is 1. The Balaban J connectivity index is 1.97. The number of tetrazole rings is 1.